The van der Waals surface area contributed by atoms with Gasteiger partial charge in [-0.05, 0) is 86.8 Å². The molecule has 0 aliphatic carbocycles. The predicted octanol–water partition coefficient (Wildman–Crippen LogP) is 6.32. The van der Waals surface area contributed by atoms with E-state index in [1.807, 2.05) is 36.6 Å². The molecule has 0 radical (unpaired) electrons. The van der Waals surface area contributed by atoms with Gasteiger partial charge in [0.05, 0.1) is 19.3 Å². The molecule has 0 aliphatic heterocycles. The highest BCUT2D eigenvalue weighted by molar-refractivity contribution is 6.74. The maximum Gasteiger partial charge on any atom is 0.354 e. The number of hydrogen-bond acceptors (Lipinski definition) is 6. The van der Waals surface area contributed by atoms with Crippen LogP contribution < -0.4 is 5.32 Å². The number of phenols is 1. The highest BCUT2D eigenvalue weighted by Crippen LogP contribution is 2.40. The topological polar surface area (TPSA) is 93.0 Å². The lowest BCUT2D eigenvalue weighted by atomic mass is 10.0. The van der Waals surface area contributed by atoms with Gasteiger partial charge in [-0.3, -0.25) is 0 Å². The number of aryl methyl sites for hydroxylation is 1. The first-order valence-corrected chi connectivity index (χ1v) is 16.8. The summed E-state index contributed by atoms with van der Waals surface area (Å²) in [6.07, 6.45) is 0.596. The van der Waals surface area contributed by atoms with Gasteiger partial charge in [-0.25, -0.2) is 4.79 Å². The van der Waals surface area contributed by atoms with E-state index in [4.69, 9.17) is 9.16 Å². The Hall–Kier alpha value is -2.65. The van der Waals surface area contributed by atoms with Gasteiger partial charge in [0.1, 0.15) is 11.4 Å². The van der Waals surface area contributed by atoms with Gasteiger partial charge in [0.15, 0.2) is 8.32 Å². The number of carbonyl (C=O) groups is 1. The van der Waals surface area contributed by atoms with Crippen molar-refractivity contribution in [3.05, 3.63) is 64.8 Å². The van der Waals surface area contributed by atoms with Crippen molar-refractivity contribution in [1.82, 2.24) is 9.88 Å². The Labute approximate surface area is 234 Å². The molecule has 0 unspecified atom stereocenters. The van der Waals surface area contributed by atoms with E-state index in [1.54, 1.807) is 6.07 Å². The van der Waals surface area contributed by atoms with Crippen LogP contribution in [0.15, 0.2) is 42.5 Å². The molecular formula is C31H46N2O5Si. The summed E-state index contributed by atoms with van der Waals surface area (Å²) in [5.41, 5.74) is 4.23. The van der Waals surface area contributed by atoms with Gasteiger partial charge in [0.2, 0.25) is 0 Å². The molecule has 0 saturated heterocycles. The average molecular weight is 555 g/mol. The SMILES string of the molecule is CCOC(=O)c1cc2cc(C[C@@H](C)NC[C@H](O[Si](C)(C)C(C)(C)C)c3ccc(O)c(CO)c3)ccc2n1CC. The van der Waals surface area contributed by atoms with E-state index < -0.39 is 8.32 Å². The van der Waals surface area contributed by atoms with Crippen LogP contribution in [0.5, 0.6) is 5.75 Å². The second-order valence-electron chi connectivity index (χ2n) is 11.8. The van der Waals surface area contributed by atoms with Gasteiger partial charge < -0.3 is 29.3 Å². The monoisotopic (exact) mass is 554 g/mol. The normalized spacial score (nSPS) is 14.0. The molecule has 0 aliphatic rings. The molecule has 0 spiro atoms. The Kier molecular flexibility index (Phi) is 10.0. The number of esters is 1. The summed E-state index contributed by atoms with van der Waals surface area (Å²) < 4.78 is 14.1. The highest BCUT2D eigenvalue weighted by atomic mass is 28.4. The number of aromatic hydroxyl groups is 1. The first-order valence-electron chi connectivity index (χ1n) is 13.9. The fourth-order valence-electron chi connectivity index (χ4n) is 4.59. The number of nitrogens with one attached hydrogen (secondary N) is 1. The summed E-state index contributed by atoms with van der Waals surface area (Å²) in [6, 6.07) is 13.8. The quantitative estimate of drug-likeness (QED) is 0.179. The van der Waals surface area contributed by atoms with Crippen LogP contribution in [0.25, 0.3) is 10.9 Å². The standard InChI is InChI=1S/C31H46N2O5Si/c1-9-33-26-13-11-22(16-24(26)18-27(33)30(36)37-10-2)15-21(3)32-19-29(38-39(7,8)31(4,5)6)23-12-14-28(35)25(17-23)20-34/h11-14,16-18,21,29,32,34-35H,9-10,15,19-20H2,1-8H3/t21-,29+/m1/s1. The van der Waals surface area contributed by atoms with Crippen LogP contribution in [0.4, 0.5) is 0 Å². The molecule has 3 rings (SSSR count). The van der Waals surface area contributed by atoms with E-state index in [2.05, 4.69) is 64.3 Å². The number of rotatable bonds is 12. The Morgan fingerprint density at radius 3 is 2.44 bits per heavy atom. The van der Waals surface area contributed by atoms with Crippen LogP contribution in [0.3, 0.4) is 0 Å². The lowest BCUT2D eigenvalue weighted by molar-refractivity contribution is 0.0514. The minimum Gasteiger partial charge on any atom is -0.508 e. The summed E-state index contributed by atoms with van der Waals surface area (Å²) in [7, 11) is -2.10. The first kappa shape index (κ1) is 30.9. The van der Waals surface area contributed by atoms with E-state index in [0.717, 1.165) is 22.9 Å². The third kappa shape index (κ3) is 7.31. The third-order valence-corrected chi connectivity index (χ3v) is 12.3. The Morgan fingerprint density at radius 1 is 1.10 bits per heavy atom. The van der Waals surface area contributed by atoms with E-state index in [9.17, 15) is 15.0 Å². The molecule has 1 heterocycles. The van der Waals surface area contributed by atoms with Crippen molar-refractivity contribution in [1.29, 1.82) is 0 Å². The summed E-state index contributed by atoms with van der Waals surface area (Å²) in [6.45, 7) is 18.6. The number of carbonyl (C=O) groups excluding carboxylic acids is 1. The fourth-order valence-corrected chi connectivity index (χ4v) is 5.87. The van der Waals surface area contributed by atoms with Gasteiger partial charge in [0, 0.05) is 35.6 Å². The second-order valence-corrected chi connectivity index (χ2v) is 16.6. The number of fused-ring (bicyclic) bond motifs is 1. The summed E-state index contributed by atoms with van der Waals surface area (Å²) in [4.78, 5) is 12.5. The second kappa shape index (κ2) is 12.7. The minimum atomic E-state index is -2.10. The molecule has 2 atom stereocenters. The first-order chi connectivity index (χ1) is 18.3. The number of nitrogens with zero attached hydrogens (tertiary/aromatic N) is 1. The van der Waals surface area contributed by atoms with Crippen LogP contribution in [0.2, 0.25) is 18.1 Å². The lowest BCUT2D eigenvalue weighted by Gasteiger charge is -2.40. The van der Waals surface area contributed by atoms with Crippen molar-refractivity contribution >= 4 is 25.2 Å². The summed E-state index contributed by atoms with van der Waals surface area (Å²) in [5.74, 6) is -0.203. The third-order valence-electron chi connectivity index (χ3n) is 7.85. The van der Waals surface area contributed by atoms with E-state index >= 15 is 0 Å². The van der Waals surface area contributed by atoms with E-state index in [-0.39, 0.29) is 35.5 Å². The molecule has 0 amide bonds. The Balaban J connectivity index is 1.79. The Morgan fingerprint density at radius 2 is 1.82 bits per heavy atom. The zero-order valence-corrected chi connectivity index (χ0v) is 25.8. The smallest absolute Gasteiger partial charge is 0.354 e. The molecule has 1 aromatic heterocycles. The largest absolute Gasteiger partial charge is 0.508 e. The molecule has 0 bridgehead atoms. The van der Waals surface area contributed by atoms with Gasteiger partial charge >= 0.3 is 5.97 Å². The van der Waals surface area contributed by atoms with E-state index in [0.29, 0.717) is 31.0 Å². The van der Waals surface area contributed by atoms with Gasteiger partial charge in [0.25, 0.3) is 0 Å². The lowest BCUT2D eigenvalue weighted by Crippen LogP contribution is -2.44. The van der Waals surface area contributed by atoms with Crippen LogP contribution in [-0.4, -0.2) is 48.3 Å². The molecule has 0 saturated carbocycles. The number of aliphatic hydroxyl groups excluding tert-OH is 1. The average Bonchev–Trinajstić information content (AvgIpc) is 3.24. The number of aromatic nitrogens is 1. The molecule has 8 heteroatoms. The van der Waals surface area contributed by atoms with Crippen molar-refractivity contribution in [2.45, 2.75) is 91.4 Å². The molecule has 2 aromatic carbocycles. The van der Waals surface area contributed by atoms with Crippen molar-refractivity contribution in [3.63, 3.8) is 0 Å². The molecule has 3 N–H and O–H groups in total. The minimum absolute atomic E-state index is 0.0420. The number of ether oxygens (including phenoxy) is 1. The fraction of sp³-hybridized carbons (Fsp3) is 0.516. The van der Waals surface area contributed by atoms with Crippen molar-refractivity contribution < 1.29 is 24.2 Å². The maximum absolute atomic E-state index is 12.5. The van der Waals surface area contributed by atoms with Crippen LogP contribution in [0, 0.1) is 0 Å². The van der Waals surface area contributed by atoms with Gasteiger partial charge in [-0.1, -0.05) is 32.9 Å². The molecule has 3 aromatic rings. The van der Waals surface area contributed by atoms with Crippen molar-refractivity contribution in [2.75, 3.05) is 13.2 Å². The van der Waals surface area contributed by atoms with E-state index in [1.165, 1.54) is 5.56 Å². The highest BCUT2D eigenvalue weighted by Gasteiger charge is 2.39. The molecule has 0 fully saturated rings. The van der Waals surface area contributed by atoms with Gasteiger partial charge in [-0.2, -0.15) is 0 Å². The van der Waals surface area contributed by atoms with Crippen LogP contribution >= 0.6 is 0 Å². The van der Waals surface area contributed by atoms with Crippen LogP contribution in [0.1, 0.15) is 74.8 Å². The number of aliphatic hydroxyl groups is 1. The number of hydrogen-bond donors (Lipinski definition) is 3. The van der Waals surface area contributed by atoms with Crippen molar-refractivity contribution in [2.24, 2.45) is 0 Å². The summed E-state index contributed by atoms with van der Waals surface area (Å²) >= 11 is 0. The zero-order chi connectivity index (χ0) is 29.0. The molecular weight excluding hydrogens is 508 g/mol. The molecule has 7 nitrogen and oxygen atoms in total. The van der Waals surface area contributed by atoms with Crippen LogP contribution in [-0.2, 0) is 28.7 Å². The predicted molar refractivity (Wildman–Crippen MR) is 160 cm³/mol. The van der Waals surface area contributed by atoms with Gasteiger partial charge in [-0.15, -0.1) is 0 Å². The number of benzene rings is 2. The molecule has 39 heavy (non-hydrogen) atoms. The molecule has 214 valence electrons. The summed E-state index contributed by atoms with van der Waals surface area (Å²) in [5, 5.41) is 24.5. The zero-order valence-electron chi connectivity index (χ0n) is 24.8. The Bertz CT molecular complexity index is 1280. The maximum atomic E-state index is 12.5. The van der Waals surface area contributed by atoms with Crippen molar-refractivity contribution in [3.8, 4) is 5.75 Å².